The van der Waals surface area contributed by atoms with Crippen molar-refractivity contribution in [3.63, 3.8) is 0 Å². The molecule has 2 rings (SSSR count). The maximum atomic E-state index is 9.55. The minimum absolute atomic E-state index is 0.241. The zero-order chi connectivity index (χ0) is 13.8. The molecule has 5 nitrogen and oxygen atoms in total. The Kier molecular flexibility index (Phi) is 4.50. The minimum Gasteiger partial charge on any atom is -0.488 e. The Hall–Kier alpha value is -1.46. The molecule has 106 valence electrons. The molecule has 1 heterocycles. The van der Waals surface area contributed by atoms with E-state index in [9.17, 15) is 5.11 Å². The van der Waals surface area contributed by atoms with Crippen LogP contribution in [-0.4, -0.2) is 30.7 Å². The lowest BCUT2D eigenvalue weighted by molar-refractivity contribution is 0.0596. The molecule has 0 aliphatic carbocycles. The molecular formula is C14H21NO4. The van der Waals surface area contributed by atoms with Crippen molar-refractivity contribution in [3.8, 4) is 17.2 Å². The summed E-state index contributed by atoms with van der Waals surface area (Å²) >= 11 is 0. The van der Waals surface area contributed by atoms with Gasteiger partial charge in [-0.3, -0.25) is 0 Å². The molecule has 1 aliphatic rings. The van der Waals surface area contributed by atoms with Crippen molar-refractivity contribution < 1.29 is 19.3 Å². The van der Waals surface area contributed by atoms with E-state index in [0.29, 0.717) is 12.3 Å². The van der Waals surface area contributed by atoms with E-state index >= 15 is 0 Å². The summed E-state index contributed by atoms with van der Waals surface area (Å²) < 4.78 is 16.5. The molecule has 2 N–H and O–H groups in total. The Bertz CT molecular complexity index is 434. The Morgan fingerprint density at radius 2 is 2.00 bits per heavy atom. The number of fused-ring (bicyclic) bond motifs is 1. The Balaban J connectivity index is 2.23. The average molecular weight is 267 g/mol. The number of aliphatic hydroxyl groups is 1. The molecule has 0 spiro atoms. The van der Waals surface area contributed by atoms with E-state index in [-0.39, 0.29) is 12.9 Å². The standard InChI is InChI=1S/C14H21NO4/c1-4-15-7-11-5-13-14(18-8-17-13)6-12(11)19-10(3)9(2)16/h5-6,9-10,15-16H,4,7-8H2,1-3H3. The van der Waals surface area contributed by atoms with Crippen LogP contribution in [0.3, 0.4) is 0 Å². The summed E-state index contributed by atoms with van der Waals surface area (Å²) in [7, 11) is 0. The van der Waals surface area contributed by atoms with Crippen LogP contribution in [0.25, 0.3) is 0 Å². The van der Waals surface area contributed by atoms with Crippen LogP contribution >= 0.6 is 0 Å². The predicted molar refractivity (Wildman–Crippen MR) is 71.7 cm³/mol. The highest BCUT2D eigenvalue weighted by atomic mass is 16.7. The zero-order valence-corrected chi connectivity index (χ0v) is 11.6. The molecule has 1 aromatic rings. The third kappa shape index (κ3) is 3.30. The maximum Gasteiger partial charge on any atom is 0.231 e. The zero-order valence-electron chi connectivity index (χ0n) is 11.6. The highest BCUT2D eigenvalue weighted by Gasteiger charge is 2.20. The third-order valence-corrected chi connectivity index (χ3v) is 3.11. The first-order valence-electron chi connectivity index (χ1n) is 6.59. The molecule has 0 amide bonds. The van der Waals surface area contributed by atoms with Gasteiger partial charge in [-0.25, -0.2) is 0 Å². The van der Waals surface area contributed by atoms with Crippen molar-refractivity contribution in [1.82, 2.24) is 5.32 Å². The monoisotopic (exact) mass is 267 g/mol. The van der Waals surface area contributed by atoms with Crippen LogP contribution in [-0.2, 0) is 6.54 Å². The van der Waals surface area contributed by atoms with Crippen molar-refractivity contribution in [2.45, 2.75) is 39.5 Å². The summed E-state index contributed by atoms with van der Waals surface area (Å²) in [6, 6.07) is 3.75. The predicted octanol–water partition coefficient (Wildman–Crippen LogP) is 1.67. The topological polar surface area (TPSA) is 60.0 Å². The van der Waals surface area contributed by atoms with Gasteiger partial charge in [0.1, 0.15) is 11.9 Å². The number of hydrogen-bond donors (Lipinski definition) is 2. The number of aliphatic hydroxyl groups excluding tert-OH is 1. The molecule has 1 aliphatic heterocycles. The van der Waals surface area contributed by atoms with Crippen molar-refractivity contribution >= 4 is 0 Å². The van der Waals surface area contributed by atoms with Gasteiger partial charge in [-0.15, -0.1) is 0 Å². The third-order valence-electron chi connectivity index (χ3n) is 3.11. The fourth-order valence-electron chi connectivity index (χ4n) is 1.77. The van der Waals surface area contributed by atoms with Crippen LogP contribution in [0.2, 0.25) is 0 Å². The summed E-state index contributed by atoms with van der Waals surface area (Å²) in [6.45, 7) is 7.40. The summed E-state index contributed by atoms with van der Waals surface area (Å²) in [5.74, 6) is 2.15. The van der Waals surface area contributed by atoms with Gasteiger partial charge < -0.3 is 24.6 Å². The smallest absolute Gasteiger partial charge is 0.231 e. The van der Waals surface area contributed by atoms with E-state index in [4.69, 9.17) is 14.2 Å². The molecule has 2 atom stereocenters. The number of nitrogens with one attached hydrogen (secondary N) is 1. The van der Waals surface area contributed by atoms with Gasteiger partial charge in [0.05, 0.1) is 6.10 Å². The lowest BCUT2D eigenvalue weighted by Gasteiger charge is -2.20. The molecule has 0 saturated heterocycles. The summed E-state index contributed by atoms with van der Waals surface area (Å²) in [4.78, 5) is 0. The maximum absolute atomic E-state index is 9.55. The molecule has 0 saturated carbocycles. The van der Waals surface area contributed by atoms with Crippen LogP contribution in [0.5, 0.6) is 17.2 Å². The van der Waals surface area contributed by atoms with Gasteiger partial charge in [-0.05, 0) is 26.5 Å². The van der Waals surface area contributed by atoms with Crippen LogP contribution in [0.15, 0.2) is 12.1 Å². The van der Waals surface area contributed by atoms with E-state index in [2.05, 4.69) is 5.32 Å². The van der Waals surface area contributed by atoms with Gasteiger partial charge in [0.2, 0.25) is 6.79 Å². The first-order valence-corrected chi connectivity index (χ1v) is 6.59. The molecule has 5 heteroatoms. The number of rotatable bonds is 6. The first kappa shape index (κ1) is 14.0. The quantitative estimate of drug-likeness (QED) is 0.821. The highest BCUT2D eigenvalue weighted by molar-refractivity contribution is 5.51. The fourth-order valence-corrected chi connectivity index (χ4v) is 1.77. The van der Waals surface area contributed by atoms with Gasteiger partial charge in [-0.1, -0.05) is 6.92 Å². The number of hydrogen-bond acceptors (Lipinski definition) is 5. The van der Waals surface area contributed by atoms with Gasteiger partial charge in [0, 0.05) is 18.2 Å². The second-order valence-electron chi connectivity index (χ2n) is 4.66. The van der Waals surface area contributed by atoms with Crippen LogP contribution in [0.4, 0.5) is 0 Å². The molecule has 0 radical (unpaired) electrons. The van der Waals surface area contributed by atoms with E-state index in [0.717, 1.165) is 23.6 Å². The van der Waals surface area contributed by atoms with Crippen molar-refractivity contribution in [3.05, 3.63) is 17.7 Å². The SMILES string of the molecule is CCNCc1cc2c(cc1OC(C)C(C)O)OCO2. The summed E-state index contributed by atoms with van der Waals surface area (Å²) in [5, 5.41) is 12.8. The molecule has 1 aromatic carbocycles. The highest BCUT2D eigenvalue weighted by Crippen LogP contribution is 2.38. The van der Waals surface area contributed by atoms with E-state index < -0.39 is 6.10 Å². The van der Waals surface area contributed by atoms with E-state index in [1.807, 2.05) is 26.0 Å². The molecular weight excluding hydrogens is 246 g/mol. The normalized spacial score (nSPS) is 16.2. The number of ether oxygens (including phenoxy) is 3. The van der Waals surface area contributed by atoms with Crippen LogP contribution < -0.4 is 19.5 Å². The molecule has 19 heavy (non-hydrogen) atoms. The van der Waals surface area contributed by atoms with E-state index in [1.165, 1.54) is 0 Å². The number of benzene rings is 1. The summed E-state index contributed by atoms with van der Waals surface area (Å²) in [5.41, 5.74) is 0.999. The Morgan fingerprint density at radius 1 is 1.32 bits per heavy atom. The van der Waals surface area contributed by atoms with Crippen LogP contribution in [0, 0.1) is 0 Å². The second-order valence-corrected chi connectivity index (χ2v) is 4.66. The average Bonchev–Trinajstić information content (AvgIpc) is 2.82. The molecule has 2 unspecified atom stereocenters. The van der Waals surface area contributed by atoms with Crippen LogP contribution in [0.1, 0.15) is 26.3 Å². The van der Waals surface area contributed by atoms with Gasteiger partial charge in [0.15, 0.2) is 11.5 Å². The lowest BCUT2D eigenvalue weighted by Crippen LogP contribution is -2.26. The first-order chi connectivity index (χ1) is 9.11. The second kappa shape index (κ2) is 6.12. The summed E-state index contributed by atoms with van der Waals surface area (Å²) in [6.07, 6.45) is -0.807. The lowest BCUT2D eigenvalue weighted by atomic mass is 10.1. The minimum atomic E-state index is -0.530. The fraction of sp³-hybridized carbons (Fsp3) is 0.571. The van der Waals surface area contributed by atoms with Gasteiger partial charge in [-0.2, -0.15) is 0 Å². The van der Waals surface area contributed by atoms with Crippen molar-refractivity contribution in [2.24, 2.45) is 0 Å². The van der Waals surface area contributed by atoms with Crippen molar-refractivity contribution in [1.29, 1.82) is 0 Å². The van der Waals surface area contributed by atoms with Gasteiger partial charge >= 0.3 is 0 Å². The Labute approximate surface area is 113 Å². The van der Waals surface area contributed by atoms with E-state index in [1.54, 1.807) is 6.92 Å². The van der Waals surface area contributed by atoms with Gasteiger partial charge in [0.25, 0.3) is 0 Å². The molecule has 0 fully saturated rings. The molecule has 0 aromatic heterocycles. The van der Waals surface area contributed by atoms with Crippen molar-refractivity contribution in [2.75, 3.05) is 13.3 Å². The molecule has 0 bridgehead atoms. The Morgan fingerprint density at radius 3 is 2.63 bits per heavy atom. The largest absolute Gasteiger partial charge is 0.488 e.